The lowest BCUT2D eigenvalue weighted by molar-refractivity contribution is 0.102. The first-order valence-electron chi connectivity index (χ1n) is 13.1. The third kappa shape index (κ3) is 6.50. The second kappa shape index (κ2) is 12.3. The fourth-order valence-electron chi connectivity index (χ4n) is 4.47. The van der Waals surface area contributed by atoms with E-state index >= 15 is 0 Å². The Bertz CT molecular complexity index is 1630. The summed E-state index contributed by atoms with van der Waals surface area (Å²) in [4.78, 5) is 30.5. The Balaban J connectivity index is 1.29. The number of nitrogens with zero attached hydrogens (tertiary/aromatic N) is 1. The number of rotatable bonds is 8. The Labute approximate surface area is 242 Å². The van der Waals surface area contributed by atoms with Gasteiger partial charge in [-0.2, -0.15) is 0 Å². The van der Waals surface area contributed by atoms with Gasteiger partial charge >= 0.3 is 6.03 Å². The Morgan fingerprint density at radius 3 is 2.38 bits per heavy atom. The highest BCUT2D eigenvalue weighted by Gasteiger charge is 2.18. The number of aryl methyl sites for hydroxylation is 2. The summed E-state index contributed by atoms with van der Waals surface area (Å²) in [7, 11) is 0. The van der Waals surface area contributed by atoms with E-state index in [1.807, 2.05) is 49.4 Å². The third-order valence-electron chi connectivity index (χ3n) is 6.71. The second-order valence-corrected chi connectivity index (χ2v) is 11.0. The van der Waals surface area contributed by atoms with Crippen molar-refractivity contribution in [3.63, 3.8) is 0 Å². The van der Waals surface area contributed by atoms with E-state index in [2.05, 4.69) is 52.1 Å². The van der Waals surface area contributed by atoms with Gasteiger partial charge in [0.1, 0.15) is 0 Å². The highest BCUT2D eigenvalue weighted by Crippen LogP contribution is 2.29. The van der Waals surface area contributed by atoms with E-state index < -0.39 is 0 Å². The molecule has 0 aliphatic carbocycles. The standard InChI is InChI=1S/C32H29ClN4O2S/c1-3-21-12-14-22(15-13-21)18-27(23-9-5-4-6-10-23)34-31(39)37-32-35-26-17-16-24(19-28(26)40-32)30(38)36-29-20(2)8-7-11-25(29)33/h4-17,19,27H,3,18H2,1-2H3,(H,36,38)(H2,34,35,37,39). The average molecular weight is 569 g/mol. The van der Waals surface area contributed by atoms with Crippen molar-refractivity contribution in [2.45, 2.75) is 32.7 Å². The first-order chi connectivity index (χ1) is 19.4. The molecule has 1 aromatic heterocycles. The number of fused-ring (bicyclic) bond motifs is 1. The van der Waals surface area contributed by atoms with Crippen LogP contribution in [0.2, 0.25) is 5.02 Å². The average Bonchev–Trinajstić information content (AvgIpc) is 3.37. The van der Waals surface area contributed by atoms with E-state index in [1.165, 1.54) is 16.9 Å². The first kappa shape index (κ1) is 27.4. The molecule has 0 radical (unpaired) electrons. The van der Waals surface area contributed by atoms with Gasteiger partial charge in [0.2, 0.25) is 0 Å². The Morgan fingerprint density at radius 2 is 1.65 bits per heavy atom. The zero-order valence-electron chi connectivity index (χ0n) is 22.2. The van der Waals surface area contributed by atoms with Crippen LogP contribution in [-0.4, -0.2) is 16.9 Å². The number of anilines is 2. The van der Waals surface area contributed by atoms with Crippen LogP contribution in [0.1, 0.15) is 45.6 Å². The van der Waals surface area contributed by atoms with Crippen LogP contribution in [0, 0.1) is 6.92 Å². The van der Waals surface area contributed by atoms with Crippen molar-refractivity contribution >= 4 is 55.9 Å². The molecule has 1 unspecified atom stereocenters. The Hall–Kier alpha value is -4.20. The third-order valence-corrected chi connectivity index (χ3v) is 7.96. The van der Waals surface area contributed by atoms with E-state index in [9.17, 15) is 9.59 Å². The largest absolute Gasteiger partial charge is 0.331 e. The number of hydrogen-bond donors (Lipinski definition) is 3. The molecule has 5 rings (SSSR count). The number of benzene rings is 4. The van der Waals surface area contributed by atoms with Crippen molar-refractivity contribution in [1.82, 2.24) is 10.3 Å². The van der Waals surface area contributed by atoms with Crippen molar-refractivity contribution in [2.24, 2.45) is 0 Å². The number of urea groups is 1. The maximum absolute atomic E-state index is 13.1. The van der Waals surface area contributed by atoms with E-state index in [4.69, 9.17) is 11.6 Å². The highest BCUT2D eigenvalue weighted by molar-refractivity contribution is 7.22. The van der Waals surface area contributed by atoms with Crippen LogP contribution in [0.4, 0.5) is 15.6 Å². The summed E-state index contributed by atoms with van der Waals surface area (Å²) in [5.74, 6) is -0.267. The van der Waals surface area contributed by atoms with Gasteiger partial charge in [0.15, 0.2) is 5.13 Å². The molecule has 1 atom stereocenters. The summed E-state index contributed by atoms with van der Waals surface area (Å²) in [6.45, 7) is 4.02. The predicted molar refractivity (Wildman–Crippen MR) is 165 cm³/mol. The van der Waals surface area contributed by atoms with E-state index in [-0.39, 0.29) is 18.0 Å². The second-order valence-electron chi connectivity index (χ2n) is 9.52. The number of hydrogen-bond acceptors (Lipinski definition) is 4. The summed E-state index contributed by atoms with van der Waals surface area (Å²) >= 11 is 7.58. The van der Waals surface area contributed by atoms with Crippen molar-refractivity contribution in [2.75, 3.05) is 10.6 Å². The molecule has 0 bridgehead atoms. The molecule has 0 saturated heterocycles. The molecule has 0 aliphatic heterocycles. The Morgan fingerprint density at radius 1 is 0.900 bits per heavy atom. The van der Waals surface area contributed by atoms with Crippen molar-refractivity contribution in [3.8, 4) is 0 Å². The molecule has 0 spiro atoms. The molecule has 3 amide bonds. The normalized spacial score (nSPS) is 11.7. The van der Waals surface area contributed by atoms with Crippen LogP contribution in [0.25, 0.3) is 10.2 Å². The molecule has 0 aliphatic rings. The summed E-state index contributed by atoms with van der Waals surface area (Å²) in [6, 6.07) is 28.6. The van der Waals surface area contributed by atoms with Gasteiger partial charge < -0.3 is 10.6 Å². The summed E-state index contributed by atoms with van der Waals surface area (Å²) < 4.78 is 0.787. The topological polar surface area (TPSA) is 83.1 Å². The molecule has 6 nitrogen and oxygen atoms in total. The predicted octanol–water partition coefficient (Wildman–Crippen LogP) is 8.18. The number of carbonyl (C=O) groups excluding carboxylic acids is 2. The molecule has 40 heavy (non-hydrogen) atoms. The lowest BCUT2D eigenvalue weighted by Crippen LogP contribution is -2.33. The van der Waals surface area contributed by atoms with Gasteiger partial charge in [-0.15, -0.1) is 0 Å². The lowest BCUT2D eigenvalue weighted by atomic mass is 9.98. The summed E-state index contributed by atoms with van der Waals surface area (Å²) in [6.07, 6.45) is 1.64. The molecule has 4 aromatic carbocycles. The highest BCUT2D eigenvalue weighted by atomic mass is 35.5. The first-order valence-corrected chi connectivity index (χ1v) is 14.3. The quantitative estimate of drug-likeness (QED) is 0.176. The van der Waals surface area contributed by atoms with Gasteiger partial charge in [-0.3, -0.25) is 10.1 Å². The van der Waals surface area contributed by atoms with E-state index in [0.717, 1.165) is 27.8 Å². The van der Waals surface area contributed by atoms with Crippen LogP contribution in [-0.2, 0) is 12.8 Å². The number of para-hydroxylation sites is 1. The van der Waals surface area contributed by atoms with E-state index in [1.54, 1.807) is 24.3 Å². The number of halogens is 1. The minimum absolute atomic E-state index is 0.216. The zero-order valence-corrected chi connectivity index (χ0v) is 23.8. The van der Waals surface area contributed by atoms with Gasteiger partial charge in [-0.1, -0.05) is 96.6 Å². The van der Waals surface area contributed by atoms with Crippen LogP contribution in [0.3, 0.4) is 0 Å². The maximum Gasteiger partial charge on any atom is 0.321 e. The molecule has 5 aromatic rings. The van der Waals surface area contributed by atoms with Crippen LogP contribution < -0.4 is 16.0 Å². The number of carbonyl (C=O) groups is 2. The van der Waals surface area contributed by atoms with E-state index in [0.29, 0.717) is 33.3 Å². The lowest BCUT2D eigenvalue weighted by Gasteiger charge is -2.19. The molecule has 202 valence electrons. The van der Waals surface area contributed by atoms with Gasteiger partial charge in [-0.05, 0) is 66.3 Å². The van der Waals surface area contributed by atoms with Gasteiger partial charge in [0.05, 0.1) is 27.0 Å². The molecular weight excluding hydrogens is 540 g/mol. The zero-order chi connectivity index (χ0) is 28.1. The smallest absolute Gasteiger partial charge is 0.321 e. The SMILES string of the molecule is CCc1ccc(CC(NC(=O)Nc2nc3ccc(C(=O)Nc4c(C)cccc4Cl)cc3s2)c2ccccc2)cc1. The fourth-order valence-corrected chi connectivity index (χ4v) is 5.64. The maximum atomic E-state index is 13.1. The van der Waals surface area contributed by atoms with Crippen LogP contribution in [0.5, 0.6) is 0 Å². The van der Waals surface area contributed by atoms with Gasteiger partial charge in [0.25, 0.3) is 5.91 Å². The minimum atomic E-state index is -0.342. The van der Waals surface area contributed by atoms with Crippen molar-refractivity contribution in [3.05, 3.63) is 124 Å². The number of amides is 3. The number of thiazole rings is 1. The summed E-state index contributed by atoms with van der Waals surface area (Å²) in [5.41, 5.74) is 6.08. The molecule has 0 fully saturated rings. The summed E-state index contributed by atoms with van der Waals surface area (Å²) in [5, 5.41) is 9.82. The van der Waals surface area contributed by atoms with Crippen molar-refractivity contribution in [1.29, 1.82) is 0 Å². The minimum Gasteiger partial charge on any atom is -0.331 e. The van der Waals surface area contributed by atoms with Gasteiger partial charge in [0, 0.05) is 5.56 Å². The Kier molecular flexibility index (Phi) is 8.43. The van der Waals surface area contributed by atoms with Crippen LogP contribution >= 0.6 is 22.9 Å². The number of nitrogens with one attached hydrogen (secondary N) is 3. The fraction of sp³-hybridized carbons (Fsp3) is 0.156. The van der Waals surface area contributed by atoms with Crippen molar-refractivity contribution < 1.29 is 9.59 Å². The molecule has 3 N–H and O–H groups in total. The molecule has 8 heteroatoms. The number of aromatic nitrogens is 1. The van der Waals surface area contributed by atoms with Crippen LogP contribution in [0.15, 0.2) is 91.0 Å². The molecular formula is C32H29ClN4O2S. The monoisotopic (exact) mass is 568 g/mol. The molecule has 1 heterocycles. The van der Waals surface area contributed by atoms with Gasteiger partial charge in [-0.25, -0.2) is 9.78 Å². The molecule has 0 saturated carbocycles.